The maximum absolute atomic E-state index is 10.5. The lowest BCUT2D eigenvalue weighted by Gasteiger charge is -2.16. The van der Waals surface area contributed by atoms with Crippen LogP contribution < -0.4 is 9.47 Å². The standard InChI is InChI=1S/C19H18O3.C2H6/c1-12-8-9-13-6-4-5-7-15(13)18(12)19-16(20)10-14(21-2)11-17(19)22-3;1-2/h4-11,20H,1-3H3;1-2H3. The molecule has 0 aliphatic rings. The second-order valence-corrected chi connectivity index (χ2v) is 5.20. The van der Waals surface area contributed by atoms with Gasteiger partial charge in [0.05, 0.1) is 19.8 Å². The number of rotatable bonds is 3. The van der Waals surface area contributed by atoms with Crippen LogP contribution in [0.2, 0.25) is 0 Å². The van der Waals surface area contributed by atoms with Gasteiger partial charge >= 0.3 is 0 Å². The number of hydrogen-bond acceptors (Lipinski definition) is 3. The molecule has 3 heteroatoms. The summed E-state index contributed by atoms with van der Waals surface area (Å²) >= 11 is 0. The zero-order valence-corrected chi connectivity index (χ0v) is 14.9. The van der Waals surface area contributed by atoms with Gasteiger partial charge in [0.15, 0.2) is 0 Å². The van der Waals surface area contributed by atoms with E-state index in [4.69, 9.17) is 9.47 Å². The molecule has 0 saturated carbocycles. The second-order valence-electron chi connectivity index (χ2n) is 5.20. The molecule has 126 valence electrons. The molecule has 1 N–H and O–H groups in total. The second kappa shape index (κ2) is 7.73. The van der Waals surface area contributed by atoms with Crippen LogP contribution in [0.25, 0.3) is 21.9 Å². The number of ether oxygens (including phenoxy) is 2. The van der Waals surface area contributed by atoms with Crippen molar-refractivity contribution in [1.29, 1.82) is 0 Å². The zero-order chi connectivity index (χ0) is 17.7. The van der Waals surface area contributed by atoms with Gasteiger partial charge in [0.25, 0.3) is 0 Å². The lowest BCUT2D eigenvalue weighted by Crippen LogP contribution is -1.94. The average molecular weight is 324 g/mol. The van der Waals surface area contributed by atoms with Crippen LogP contribution >= 0.6 is 0 Å². The SMILES string of the molecule is CC.COc1cc(O)c(-c2c(C)ccc3ccccc23)c(OC)c1. The Hall–Kier alpha value is -2.68. The van der Waals surface area contributed by atoms with Crippen molar-refractivity contribution < 1.29 is 14.6 Å². The van der Waals surface area contributed by atoms with Crippen molar-refractivity contribution in [3.05, 3.63) is 54.1 Å². The zero-order valence-electron chi connectivity index (χ0n) is 14.9. The van der Waals surface area contributed by atoms with E-state index in [2.05, 4.69) is 24.3 Å². The predicted molar refractivity (Wildman–Crippen MR) is 100 cm³/mol. The van der Waals surface area contributed by atoms with E-state index in [1.54, 1.807) is 26.4 Å². The minimum atomic E-state index is 0.149. The van der Waals surface area contributed by atoms with Gasteiger partial charge < -0.3 is 14.6 Å². The quantitative estimate of drug-likeness (QED) is 0.685. The highest BCUT2D eigenvalue weighted by Crippen LogP contribution is 2.45. The summed E-state index contributed by atoms with van der Waals surface area (Å²) < 4.78 is 10.7. The van der Waals surface area contributed by atoms with Crippen LogP contribution in [-0.2, 0) is 0 Å². The summed E-state index contributed by atoms with van der Waals surface area (Å²) in [5.41, 5.74) is 2.75. The van der Waals surface area contributed by atoms with Gasteiger partial charge in [-0.3, -0.25) is 0 Å². The lowest BCUT2D eigenvalue weighted by molar-refractivity contribution is 0.387. The molecule has 3 rings (SSSR count). The van der Waals surface area contributed by atoms with E-state index in [1.165, 1.54) is 0 Å². The highest BCUT2D eigenvalue weighted by Gasteiger charge is 2.18. The van der Waals surface area contributed by atoms with Gasteiger partial charge in [-0.25, -0.2) is 0 Å². The monoisotopic (exact) mass is 324 g/mol. The van der Waals surface area contributed by atoms with E-state index in [9.17, 15) is 5.11 Å². The predicted octanol–water partition coefficient (Wildman–Crippen LogP) is 5.56. The van der Waals surface area contributed by atoms with Crippen molar-refractivity contribution in [2.75, 3.05) is 14.2 Å². The van der Waals surface area contributed by atoms with Crippen LogP contribution in [0, 0.1) is 6.92 Å². The Morgan fingerprint density at radius 1 is 0.833 bits per heavy atom. The molecular formula is C21H24O3. The Morgan fingerprint density at radius 3 is 2.21 bits per heavy atom. The van der Waals surface area contributed by atoms with Gasteiger partial charge in [0.1, 0.15) is 17.2 Å². The van der Waals surface area contributed by atoms with Crippen molar-refractivity contribution in [3.8, 4) is 28.4 Å². The number of aromatic hydroxyl groups is 1. The van der Waals surface area contributed by atoms with Gasteiger partial charge in [0.2, 0.25) is 0 Å². The van der Waals surface area contributed by atoms with Crippen molar-refractivity contribution >= 4 is 10.8 Å². The third-order valence-corrected chi connectivity index (χ3v) is 3.90. The summed E-state index contributed by atoms with van der Waals surface area (Å²) in [4.78, 5) is 0. The molecule has 0 radical (unpaired) electrons. The van der Waals surface area contributed by atoms with Crippen molar-refractivity contribution in [3.63, 3.8) is 0 Å². The fraction of sp³-hybridized carbons (Fsp3) is 0.238. The van der Waals surface area contributed by atoms with Crippen LogP contribution in [0.1, 0.15) is 19.4 Å². The van der Waals surface area contributed by atoms with Gasteiger partial charge in [0, 0.05) is 12.1 Å². The van der Waals surface area contributed by atoms with Crippen molar-refractivity contribution in [2.45, 2.75) is 20.8 Å². The summed E-state index contributed by atoms with van der Waals surface area (Å²) in [6.07, 6.45) is 0. The summed E-state index contributed by atoms with van der Waals surface area (Å²) in [7, 11) is 3.16. The number of phenols is 1. The van der Waals surface area contributed by atoms with Crippen LogP contribution in [-0.4, -0.2) is 19.3 Å². The fourth-order valence-corrected chi connectivity index (χ4v) is 2.82. The van der Waals surface area contributed by atoms with E-state index in [0.717, 1.165) is 21.9 Å². The third kappa shape index (κ3) is 3.16. The van der Waals surface area contributed by atoms with Crippen LogP contribution in [0.5, 0.6) is 17.2 Å². The summed E-state index contributed by atoms with van der Waals surface area (Å²) in [5.74, 6) is 1.31. The molecule has 0 unspecified atom stereocenters. The van der Waals surface area contributed by atoms with Gasteiger partial charge in [-0.05, 0) is 28.8 Å². The van der Waals surface area contributed by atoms with E-state index in [1.807, 2.05) is 32.9 Å². The van der Waals surface area contributed by atoms with E-state index < -0.39 is 0 Å². The molecular weight excluding hydrogens is 300 g/mol. The first-order chi connectivity index (χ1) is 11.7. The fourth-order valence-electron chi connectivity index (χ4n) is 2.82. The van der Waals surface area contributed by atoms with Crippen molar-refractivity contribution in [1.82, 2.24) is 0 Å². The van der Waals surface area contributed by atoms with E-state index in [-0.39, 0.29) is 5.75 Å². The number of methoxy groups -OCH3 is 2. The largest absolute Gasteiger partial charge is 0.507 e. The molecule has 3 aromatic carbocycles. The molecule has 0 aliphatic heterocycles. The Bertz CT molecular complexity index is 838. The van der Waals surface area contributed by atoms with E-state index in [0.29, 0.717) is 17.1 Å². The van der Waals surface area contributed by atoms with Crippen LogP contribution in [0.15, 0.2) is 48.5 Å². The average Bonchev–Trinajstić information content (AvgIpc) is 2.63. The smallest absolute Gasteiger partial charge is 0.134 e. The molecule has 0 spiro atoms. The first-order valence-electron chi connectivity index (χ1n) is 8.09. The highest BCUT2D eigenvalue weighted by molar-refractivity contribution is 6.01. The molecule has 0 aliphatic carbocycles. The molecule has 0 bridgehead atoms. The number of aryl methyl sites for hydroxylation is 1. The lowest BCUT2D eigenvalue weighted by atomic mass is 9.92. The van der Waals surface area contributed by atoms with Crippen LogP contribution in [0.3, 0.4) is 0 Å². The normalized spacial score (nSPS) is 10.0. The van der Waals surface area contributed by atoms with Crippen molar-refractivity contribution in [2.24, 2.45) is 0 Å². The molecule has 0 fully saturated rings. The third-order valence-electron chi connectivity index (χ3n) is 3.90. The maximum Gasteiger partial charge on any atom is 0.134 e. The Morgan fingerprint density at radius 2 is 1.54 bits per heavy atom. The van der Waals surface area contributed by atoms with E-state index >= 15 is 0 Å². The first-order valence-corrected chi connectivity index (χ1v) is 8.09. The molecule has 0 aromatic heterocycles. The molecule has 0 amide bonds. The topological polar surface area (TPSA) is 38.7 Å². The maximum atomic E-state index is 10.5. The minimum absolute atomic E-state index is 0.149. The molecule has 3 nitrogen and oxygen atoms in total. The Kier molecular flexibility index (Phi) is 5.69. The van der Waals surface area contributed by atoms with Gasteiger partial charge in [-0.15, -0.1) is 0 Å². The summed E-state index contributed by atoms with van der Waals surface area (Å²) in [5, 5.41) is 12.7. The van der Waals surface area contributed by atoms with Crippen LogP contribution in [0.4, 0.5) is 0 Å². The number of phenolic OH excluding ortho intramolecular Hbond substituents is 1. The summed E-state index contributed by atoms with van der Waals surface area (Å²) in [6.45, 7) is 6.03. The van der Waals surface area contributed by atoms with Gasteiger partial charge in [-0.1, -0.05) is 50.2 Å². The number of hydrogen-bond donors (Lipinski definition) is 1. The number of benzene rings is 3. The molecule has 24 heavy (non-hydrogen) atoms. The molecule has 0 heterocycles. The van der Waals surface area contributed by atoms with Gasteiger partial charge in [-0.2, -0.15) is 0 Å². The number of fused-ring (bicyclic) bond motifs is 1. The minimum Gasteiger partial charge on any atom is -0.507 e. The Labute approximate surface area is 143 Å². The first kappa shape index (κ1) is 17.7. The molecule has 0 atom stereocenters. The Balaban J connectivity index is 0.00000100. The molecule has 3 aromatic rings. The molecule has 0 saturated heterocycles. The summed E-state index contributed by atoms with van der Waals surface area (Å²) in [6, 6.07) is 15.7. The highest BCUT2D eigenvalue weighted by atomic mass is 16.5.